The van der Waals surface area contributed by atoms with Gasteiger partial charge in [0.25, 0.3) is 0 Å². The summed E-state index contributed by atoms with van der Waals surface area (Å²) in [5.41, 5.74) is 0. The van der Waals surface area contributed by atoms with Crippen molar-refractivity contribution in [1.82, 2.24) is 0 Å². The van der Waals surface area contributed by atoms with E-state index < -0.39 is 0 Å². The van der Waals surface area contributed by atoms with E-state index in [0.29, 0.717) is 8.58 Å². The summed E-state index contributed by atoms with van der Waals surface area (Å²) >= 11 is 0. The molecule has 13 heavy (non-hydrogen) atoms. The molecule has 0 N–H and O–H groups in total. The molecule has 0 nitrogen and oxygen atoms in total. The molecule has 74 valence electrons. The van der Waals surface area contributed by atoms with Gasteiger partial charge in [-0.05, 0) is 18.6 Å². The predicted molar refractivity (Wildman–Crippen MR) is 60.2 cm³/mol. The average Bonchev–Trinajstić information content (AvgIpc) is 2.14. The molecule has 0 bridgehead atoms. The van der Waals surface area contributed by atoms with E-state index in [0.717, 1.165) is 0 Å². The van der Waals surface area contributed by atoms with Crippen LogP contribution in [0.15, 0.2) is 30.3 Å². The van der Waals surface area contributed by atoms with Gasteiger partial charge in [0.15, 0.2) is 0 Å². The number of benzene rings is 1. The average molecular weight is 261 g/mol. The first-order valence-electron chi connectivity index (χ1n) is 4.81. The molecule has 0 amide bonds. The third kappa shape index (κ3) is 6.23. The first-order chi connectivity index (χ1) is 5.93. The molecule has 1 unspecified atom stereocenters. The smallest absolute Gasteiger partial charge is 0.0889 e. The summed E-state index contributed by atoms with van der Waals surface area (Å²) in [6.07, 6.45) is 5.59. The maximum atomic E-state index is 2.26. The topological polar surface area (TPSA) is 0 Å². The van der Waals surface area contributed by atoms with Gasteiger partial charge in [-0.3, -0.25) is 0 Å². The zero-order valence-corrected chi connectivity index (χ0v) is 10.9. The van der Waals surface area contributed by atoms with Gasteiger partial charge in [-0.2, -0.15) is 0 Å². The molecule has 0 aliphatic heterocycles. The normalized spacial score (nSPS) is 10.2. The predicted octanol–water partition coefficient (Wildman–Crippen LogP) is -0.0831. The van der Waals surface area contributed by atoms with E-state index in [2.05, 4.69) is 37.3 Å². The van der Waals surface area contributed by atoms with Crippen LogP contribution in [0.25, 0.3) is 0 Å². The molecule has 0 spiro atoms. The van der Waals surface area contributed by atoms with Crippen LogP contribution in [-0.4, -0.2) is 6.16 Å². The third-order valence-corrected chi connectivity index (χ3v) is 3.54. The van der Waals surface area contributed by atoms with Crippen LogP contribution < -0.4 is 22.3 Å². The van der Waals surface area contributed by atoms with E-state index in [9.17, 15) is 0 Å². The van der Waals surface area contributed by atoms with Crippen LogP contribution in [0.4, 0.5) is 0 Å². The summed E-state index contributed by atoms with van der Waals surface area (Å²) in [5, 5.41) is 1.56. The van der Waals surface area contributed by atoms with Crippen molar-refractivity contribution in [2.75, 3.05) is 6.16 Å². The van der Waals surface area contributed by atoms with Crippen LogP contribution in [0, 0.1) is 0 Å². The van der Waals surface area contributed by atoms with E-state index in [1.165, 1.54) is 25.4 Å². The minimum absolute atomic E-state index is 0. The van der Waals surface area contributed by atoms with Crippen molar-refractivity contribution in [2.24, 2.45) is 0 Å². The molecular weight excluding hydrogens is 243 g/mol. The van der Waals surface area contributed by atoms with Crippen molar-refractivity contribution in [3.05, 3.63) is 30.3 Å². The molecular formula is C11H18BrP. The van der Waals surface area contributed by atoms with Gasteiger partial charge in [0.2, 0.25) is 0 Å². The van der Waals surface area contributed by atoms with Crippen LogP contribution in [0.5, 0.6) is 0 Å². The number of unbranched alkanes of at least 4 members (excludes halogenated alkanes) is 2. The molecule has 0 aliphatic rings. The van der Waals surface area contributed by atoms with Gasteiger partial charge in [0.05, 0.1) is 11.5 Å². The minimum atomic E-state index is 0. The van der Waals surface area contributed by atoms with E-state index in [-0.39, 0.29) is 17.0 Å². The lowest BCUT2D eigenvalue weighted by molar-refractivity contribution is -0.00000246. The molecule has 1 atom stereocenters. The Hall–Kier alpha value is 0.130. The summed E-state index contributed by atoms with van der Waals surface area (Å²) in [4.78, 5) is 0. The fourth-order valence-electron chi connectivity index (χ4n) is 1.25. The molecule has 1 rings (SSSR count). The molecule has 0 aromatic heterocycles. The highest BCUT2D eigenvalue weighted by molar-refractivity contribution is 7.47. The second-order valence-electron chi connectivity index (χ2n) is 3.11. The van der Waals surface area contributed by atoms with Crippen LogP contribution in [0.1, 0.15) is 26.2 Å². The van der Waals surface area contributed by atoms with Crippen LogP contribution in [-0.2, 0) is 0 Å². The number of halogens is 1. The lowest BCUT2D eigenvalue weighted by atomic mass is 10.3. The third-order valence-electron chi connectivity index (χ3n) is 1.99. The minimum Gasteiger partial charge on any atom is -1.00 e. The second kappa shape index (κ2) is 8.72. The lowest BCUT2D eigenvalue weighted by Crippen LogP contribution is -3.00. The first-order valence-corrected chi connectivity index (χ1v) is 6.21. The first kappa shape index (κ1) is 13.1. The van der Waals surface area contributed by atoms with Gasteiger partial charge < -0.3 is 17.0 Å². The molecule has 0 heterocycles. The summed E-state index contributed by atoms with van der Waals surface area (Å²) in [6, 6.07) is 10.9. The number of rotatable bonds is 5. The van der Waals surface area contributed by atoms with E-state index in [1.807, 2.05) is 0 Å². The molecule has 0 aliphatic carbocycles. The fourth-order valence-corrected chi connectivity index (χ4v) is 2.57. The highest BCUT2D eigenvalue weighted by Crippen LogP contribution is 2.12. The maximum Gasteiger partial charge on any atom is 0.0889 e. The Morgan fingerprint density at radius 1 is 1.08 bits per heavy atom. The van der Waals surface area contributed by atoms with Crippen molar-refractivity contribution in [1.29, 1.82) is 0 Å². The molecule has 0 radical (unpaired) electrons. The zero-order valence-electron chi connectivity index (χ0n) is 8.17. The molecule has 0 saturated heterocycles. The Kier molecular flexibility index (Phi) is 8.80. The Morgan fingerprint density at radius 3 is 2.38 bits per heavy atom. The van der Waals surface area contributed by atoms with Gasteiger partial charge in [0, 0.05) is 8.58 Å². The Bertz CT molecular complexity index is 199. The van der Waals surface area contributed by atoms with Crippen LogP contribution in [0.3, 0.4) is 0 Å². The van der Waals surface area contributed by atoms with Crippen molar-refractivity contribution in [3.63, 3.8) is 0 Å². The lowest BCUT2D eigenvalue weighted by Gasteiger charge is -1.93. The Balaban J connectivity index is 0.00000144. The fraction of sp³-hybridized carbons (Fsp3) is 0.455. The van der Waals surface area contributed by atoms with Crippen LogP contribution >= 0.6 is 8.58 Å². The quantitative estimate of drug-likeness (QED) is 0.513. The van der Waals surface area contributed by atoms with Crippen molar-refractivity contribution in [3.8, 4) is 0 Å². The van der Waals surface area contributed by atoms with E-state index >= 15 is 0 Å². The molecule has 1 aromatic carbocycles. The van der Waals surface area contributed by atoms with Crippen molar-refractivity contribution >= 4 is 13.9 Å². The summed E-state index contributed by atoms with van der Waals surface area (Å²) in [7, 11) is 0.541. The summed E-state index contributed by atoms with van der Waals surface area (Å²) in [6.45, 7) is 2.26. The number of hydrogen-bond acceptors (Lipinski definition) is 0. The highest BCUT2D eigenvalue weighted by atomic mass is 79.9. The van der Waals surface area contributed by atoms with Gasteiger partial charge in [0.1, 0.15) is 0 Å². The molecule has 0 saturated carbocycles. The monoisotopic (exact) mass is 260 g/mol. The summed E-state index contributed by atoms with van der Waals surface area (Å²) in [5.74, 6) is 0. The van der Waals surface area contributed by atoms with Gasteiger partial charge in [-0.1, -0.05) is 38.0 Å². The van der Waals surface area contributed by atoms with Gasteiger partial charge in [-0.25, -0.2) is 0 Å². The molecule has 1 aromatic rings. The zero-order chi connectivity index (χ0) is 8.65. The maximum absolute atomic E-state index is 2.26. The second-order valence-corrected chi connectivity index (χ2v) is 4.76. The molecule has 0 fully saturated rings. The van der Waals surface area contributed by atoms with Crippen molar-refractivity contribution < 1.29 is 17.0 Å². The summed E-state index contributed by atoms with van der Waals surface area (Å²) < 4.78 is 0. The Labute approximate surface area is 93.7 Å². The largest absolute Gasteiger partial charge is 1.00 e. The number of hydrogen-bond donors (Lipinski definition) is 0. The SMILES string of the molecule is CCCCC[PH2+]c1ccccc1.[Br-]. The Morgan fingerprint density at radius 2 is 1.77 bits per heavy atom. The van der Waals surface area contributed by atoms with Gasteiger partial charge in [-0.15, -0.1) is 0 Å². The van der Waals surface area contributed by atoms with E-state index in [4.69, 9.17) is 0 Å². The van der Waals surface area contributed by atoms with Gasteiger partial charge >= 0.3 is 0 Å². The van der Waals surface area contributed by atoms with Crippen LogP contribution in [0.2, 0.25) is 0 Å². The molecule has 2 heteroatoms. The van der Waals surface area contributed by atoms with Crippen molar-refractivity contribution in [2.45, 2.75) is 26.2 Å². The standard InChI is InChI=1S/C11H17P.BrH/c1-2-3-7-10-12-11-8-5-4-6-9-11;/h4-6,8-9,12H,2-3,7,10H2,1H3;1H. The van der Waals surface area contributed by atoms with E-state index in [1.54, 1.807) is 5.30 Å². The highest BCUT2D eigenvalue weighted by Gasteiger charge is 1.97.